The van der Waals surface area contributed by atoms with Crippen molar-refractivity contribution in [1.29, 1.82) is 0 Å². The molecule has 1 aliphatic heterocycles. The van der Waals surface area contributed by atoms with Crippen LogP contribution in [0.1, 0.15) is 18.4 Å². The SMILES string of the molecule is Nc1cccnc1Nc1cnc(Oc2cccc3c2C2(CC2)CO3)nc1. The summed E-state index contributed by atoms with van der Waals surface area (Å²) in [6, 6.07) is 9.70. The topological polar surface area (TPSA) is 95.2 Å². The molecule has 7 nitrogen and oxygen atoms in total. The average molecular weight is 347 g/mol. The molecule has 26 heavy (non-hydrogen) atoms. The van der Waals surface area contributed by atoms with Crippen molar-refractivity contribution in [3.8, 4) is 17.5 Å². The van der Waals surface area contributed by atoms with Crippen molar-refractivity contribution in [2.75, 3.05) is 17.7 Å². The highest BCUT2D eigenvalue weighted by atomic mass is 16.5. The van der Waals surface area contributed by atoms with Gasteiger partial charge in [-0.15, -0.1) is 0 Å². The molecule has 130 valence electrons. The van der Waals surface area contributed by atoms with Crippen LogP contribution in [0.4, 0.5) is 17.2 Å². The highest BCUT2D eigenvalue weighted by Crippen LogP contribution is 2.58. The summed E-state index contributed by atoms with van der Waals surface area (Å²) < 4.78 is 11.8. The Bertz CT molecular complexity index is 970. The van der Waals surface area contributed by atoms with E-state index in [9.17, 15) is 0 Å². The van der Waals surface area contributed by atoms with Gasteiger partial charge in [-0.1, -0.05) is 6.07 Å². The molecule has 3 heterocycles. The normalized spacial score (nSPS) is 16.0. The van der Waals surface area contributed by atoms with Crippen LogP contribution in [-0.2, 0) is 5.41 Å². The summed E-state index contributed by atoms with van der Waals surface area (Å²) >= 11 is 0. The molecule has 0 atom stereocenters. The summed E-state index contributed by atoms with van der Waals surface area (Å²) in [5.41, 5.74) is 8.40. The average Bonchev–Trinajstić information content (AvgIpc) is 3.34. The number of hydrogen-bond acceptors (Lipinski definition) is 7. The summed E-state index contributed by atoms with van der Waals surface area (Å²) in [4.78, 5) is 12.8. The van der Waals surface area contributed by atoms with E-state index in [1.165, 1.54) is 0 Å². The summed E-state index contributed by atoms with van der Waals surface area (Å²) in [6.45, 7) is 0.734. The van der Waals surface area contributed by atoms with Crippen LogP contribution in [0, 0.1) is 0 Å². The van der Waals surface area contributed by atoms with E-state index in [0.717, 1.165) is 36.5 Å². The Labute approximate surface area is 150 Å². The van der Waals surface area contributed by atoms with Crippen LogP contribution < -0.4 is 20.5 Å². The molecule has 1 spiro atoms. The first-order valence-corrected chi connectivity index (χ1v) is 8.47. The van der Waals surface area contributed by atoms with Crippen molar-refractivity contribution in [3.63, 3.8) is 0 Å². The molecule has 0 unspecified atom stereocenters. The number of hydrogen-bond donors (Lipinski definition) is 2. The standard InChI is InChI=1S/C19H17N5O2/c20-13-3-2-8-21-17(13)24-12-9-22-18(23-10-12)26-15-5-1-4-14-16(15)19(6-7-19)11-25-14/h1-5,8-10H,6-7,11,20H2,(H,21,24). The van der Waals surface area contributed by atoms with Crippen LogP contribution in [0.15, 0.2) is 48.9 Å². The number of anilines is 3. The number of benzene rings is 1. The van der Waals surface area contributed by atoms with Gasteiger partial charge in [0.1, 0.15) is 11.5 Å². The monoisotopic (exact) mass is 347 g/mol. The first-order chi connectivity index (χ1) is 12.7. The number of pyridine rings is 1. The molecule has 0 amide bonds. The van der Waals surface area contributed by atoms with E-state index in [2.05, 4.69) is 20.3 Å². The van der Waals surface area contributed by atoms with E-state index in [0.29, 0.717) is 23.2 Å². The first-order valence-electron chi connectivity index (χ1n) is 8.47. The number of fused-ring (bicyclic) bond motifs is 2. The Kier molecular flexibility index (Phi) is 3.21. The number of aromatic nitrogens is 3. The molecule has 0 saturated heterocycles. The van der Waals surface area contributed by atoms with E-state index < -0.39 is 0 Å². The Balaban J connectivity index is 1.37. The number of nitrogens with two attached hydrogens (primary N) is 1. The molecule has 1 aliphatic carbocycles. The molecule has 5 rings (SSSR count). The van der Waals surface area contributed by atoms with Gasteiger partial charge in [-0.3, -0.25) is 0 Å². The highest BCUT2D eigenvalue weighted by Gasteiger charge is 2.52. The van der Waals surface area contributed by atoms with Gasteiger partial charge in [-0.2, -0.15) is 0 Å². The smallest absolute Gasteiger partial charge is 0.322 e. The molecular formula is C19H17N5O2. The van der Waals surface area contributed by atoms with Crippen LogP contribution in [0.3, 0.4) is 0 Å². The minimum atomic E-state index is 0.129. The minimum absolute atomic E-state index is 0.129. The van der Waals surface area contributed by atoms with Gasteiger partial charge in [0.25, 0.3) is 0 Å². The lowest BCUT2D eigenvalue weighted by Crippen LogP contribution is -2.08. The Hall–Kier alpha value is -3.35. The lowest BCUT2D eigenvalue weighted by Gasteiger charge is -2.12. The maximum Gasteiger partial charge on any atom is 0.322 e. The zero-order chi connectivity index (χ0) is 17.6. The molecule has 7 heteroatoms. The number of nitrogen functional groups attached to an aromatic ring is 1. The zero-order valence-electron chi connectivity index (χ0n) is 14.0. The second-order valence-electron chi connectivity index (χ2n) is 6.62. The van der Waals surface area contributed by atoms with Crippen LogP contribution >= 0.6 is 0 Å². The lowest BCUT2D eigenvalue weighted by atomic mass is 9.97. The Morgan fingerprint density at radius 1 is 1.08 bits per heavy atom. The second-order valence-corrected chi connectivity index (χ2v) is 6.62. The van der Waals surface area contributed by atoms with Crippen LogP contribution in [0.5, 0.6) is 17.5 Å². The molecule has 2 aliphatic rings. The Morgan fingerprint density at radius 3 is 2.69 bits per heavy atom. The fraction of sp³-hybridized carbons (Fsp3) is 0.211. The van der Waals surface area contributed by atoms with Crippen molar-refractivity contribution in [2.45, 2.75) is 18.3 Å². The van der Waals surface area contributed by atoms with Crippen molar-refractivity contribution in [2.24, 2.45) is 0 Å². The molecule has 3 N–H and O–H groups in total. The van der Waals surface area contributed by atoms with Gasteiger partial charge in [0.2, 0.25) is 0 Å². The molecular weight excluding hydrogens is 330 g/mol. The van der Waals surface area contributed by atoms with Gasteiger partial charge in [-0.05, 0) is 37.1 Å². The molecule has 3 aromatic rings. The largest absolute Gasteiger partial charge is 0.492 e. The molecule has 0 radical (unpaired) electrons. The van der Waals surface area contributed by atoms with E-state index in [1.54, 1.807) is 30.7 Å². The molecule has 1 fully saturated rings. The maximum absolute atomic E-state index is 5.96. The van der Waals surface area contributed by atoms with E-state index in [1.807, 2.05) is 18.2 Å². The van der Waals surface area contributed by atoms with Crippen LogP contribution in [0.25, 0.3) is 0 Å². The van der Waals surface area contributed by atoms with E-state index in [-0.39, 0.29) is 5.41 Å². The van der Waals surface area contributed by atoms with Gasteiger partial charge in [0.15, 0.2) is 5.82 Å². The predicted octanol–water partition coefficient (Wildman–Crippen LogP) is 3.41. The second kappa shape index (κ2) is 5.59. The van der Waals surface area contributed by atoms with E-state index in [4.69, 9.17) is 15.2 Å². The number of nitrogens with zero attached hydrogens (tertiary/aromatic N) is 3. The van der Waals surface area contributed by atoms with Gasteiger partial charge >= 0.3 is 6.01 Å². The molecule has 0 bridgehead atoms. The van der Waals surface area contributed by atoms with Gasteiger partial charge < -0.3 is 20.5 Å². The van der Waals surface area contributed by atoms with Gasteiger partial charge in [-0.25, -0.2) is 15.0 Å². The Morgan fingerprint density at radius 2 is 1.92 bits per heavy atom. The molecule has 2 aromatic heterocycles. The minimum Gasteiger partial charge on any atom is -0.492 e. The lowest BCUT2D eigenvalue weighted by molar-refractivity contribution is 0.323. The fourth-order valence-corrected chi connectivity index (χ4v) is 3.26. The van der Waals surface area contributed by atoms with E-state index >= 15 is 0 Å². The van der Waals surface area contributed by atoms with Crippen molar-refractivity contribution >= 4 is 17.2 Å². The third-order valence-corrected chi connectivity index (χ3v) is 4.81. The fourth-order valence-electron chi connectivity index (χ4n) is 3.26. The number of nitrogens with one attached hydrogen (secondary N) is 1. The van der Waals surface area contributed by atoms with Crippen molar-refractivity contribution in [1.82, 2.24) is 15.0 Å². The summed E-state index contributed by atoms with van der Waals surface area (Å²) in [6.07, 6.45) is 7.22. The van der Waals surface area contributed by atoms with Gasteiger partial charge in [0, 0.05) is 17.2 Å². The third kappa shape index (κ3) is 2.48. The maximum atomic E-state index is 5.96. The quantitative estimate of drug-likeness (QED) is 0.746. The summed E-state index contributed by atoms with van der Waals surface area (Å²) in [7, 11) is 0. The summed E-state index contributed by atoms with van der Waals surface area (Å²) in [5, 5.41) is 3.09. The number of ether oxygens (including phenoxy) is 2. The van der Waals surface area contributed by atoms with Gasteiger partial charge in [0.05, 0.1) is 30.4 Å². The summed E-state index contributed by atoms with van der Waals surface area (Å²) in [5.74, 6) is 2.24. The van der Waals surface area contributed by atoms with Crippen LogP contribution in [0.2, 0.25) is 0 Å². The number of rotatable bonds is 4. The van der Waals surface area contributed by atoms with Crippen molar-refractivity contribution < 1.29 is 9.47 Å². The first kappa shape index (κ1) is 14.9. The predicted molar refractivity (Wildman–Crippen MR) is 96.9 cm³/mol. The van der Waals surface area contributed by atoms with Crippen LogP contribution in [-0.4, -0.2) is 21.6 Å². The molecule has 1 saturated carbocycles. The van der Waals surface area contributed by atoms with Crippen molar-refractivity contribution in [3.05, 3.63) is 54.5 Å². The molecule has 1 aromatic carbocycles. The zero-order valence-corrected chi connectivity index (χ0v) is 14.0. The highest BCUT2D eigenvalue weighted by molar-refractivity contribution is 5.67. The third-order valence-electron chi connectivity index (χ3n) is 4.81.